The minimum absolute atomic E-state index is 0.0915. The van der Waals surface area contributed by atoms with Crippen LogP contribution in [0, 0.1) is 28.8 Å². The van der Waals surface area contributed by atoms with E-state index in [0.717, 1.165) is 6.42 Å². The van der Waals surface area contributed by atoms with E-state index >= 15 is 4.39 Å². The minimum atomic E-state index is -0.704. The van der Waals surface area contributed by atoms with E-state index in [4.69, 9.17) is 11.6 Å². The Hall–Kier alpha value is -4.26. The van der Waals surface area contributed by atoms with Crippen molar-refractivity contribution >= 4 is 11.6 Å². The number of aromatic nitrogens is 10. The number of pyridine rings is 1. The first kappa shape index (κ1) is 24.1. The van der Waals surface area contributed by atoms with Crippen molar-refractivity contribution in [3.05, 3.63) is 76.9 Å². The summed E-state index contributed by atoms with van der Waals surface area (Å²) in [6.07, 6.45) is 7.54. The molecule has 0 aliphatic heterocycles. The maximum Gasteiger partial charge on any atom is 0.260 e. The second kappa shape index (κ2) is 9.24. The van der Waals surface area contributed by atoms with Crippen LogP contribution in [0.4, 0.5) is 8.78 Å². The summed E-state index contributed by atoms with van der Waals surface area (Å²) < 4.78 is 34.5. The molecule has 1 saturated carbocycles. The Bertz CT molecular complexity index is 1610. The molecule has 4 aromatic heterocycles. The van der Waals surface area contributed by atoms with Crippen LogP contribution in [0.2, 0.25) is 5.02 Å². The predicted molar refractivity (Wildman–Crippen MR) is 131 cm³/mol. The van der Waals surface area contributed by atoms with E-state index in [2.05, 4.69) is 37.9 Å². The van der Waals surface area contributed by atoms with Crippen molar-refractivity contribution in [2.45, 2.75) is 25.8 Å². The smallest absolute Gasteiger partial charge is 0.260 e. The van der Waals surface area contributed by atoms with Crippen molar-refractivity contribution in [3.63, 3.8) is 0 Å². The number of halogens is 3. The lowest BCUT2D eigenvalue weighted by molar-refractivity contribution is -0.615. The van der Waals surface area contributed by atoms with E-state index in [1.165, 1.54) is 34.2 Å². The predicted octanol–water partition coefficient (Wildman–Crippen LogP) is 3.52. The Labute approximate surface area is 219 Å². The van der Waals surface area contributed by atoms with Gasteiger partial charge in [0.1, 0.15) is 18.1 Å². The van der Waals surface area contributed by atoms with Crippen LogP contribution in [0.15, 0.2) is 49.2 Å². The van der Waals surface area contributed by atoms with Crippen molar-refractivity contribution in [1.82, 2.24) is 45.0 Å². The van der Waals surface area contributed by atoms with Crippen LogP contribution in [0.5, 0.6) is 0 Å². The Kier molecular flexibility index (Phi) is 5.86. The fraction of sp³-hybridized carbons (Fsp3) is 0.292. The van der Waals surface area contributed by atoms with E-state index in [0.29, 0.717) is 45.5 Å². The number of benzene rings is 1. The highest BCUT2D eigenvalue weighted by Crippen LogP contribution is 2.45. The Morgan fingerprint density at radius 1 is 1.18 bits per heavy atom. The van der Waals surface area contributed by atoms with Crippen molar-refractivity contribution in [1.29, 1.82) is 0 Å². The molecule has 14 heteroatoms. The standard InChI is InChI=1S/C24H21ClF2N10O/c1-13-7-15(13)8-20(35-10-16(9-29-35)23-24(27)30-32-34(23)2)18-5-3-14(11-37(18)38)21-19(36-12-28-31-33-36)6-4-17(25)22(21)26/h3-6,9-13,15,20H,7-8H2,1-2H3. The second-order valence-electron chi connectivity index (χ2n) is 9.46. The Morgan fingerprint density at radius 2 is 2.00 bits per heavy atom. The van der Waals surface area contributed by atoms with Crippen molar-refractivity contribution in [3.8, 4) is 28.1 Å². The highest BCUT2D eigenvalue weighted by molar-refractivity contribution is 6.31. The number of aryl methyl sites for hydroxylation is 1. The van der Waals surface area contributed by atoms with Crippen LogP contribution in [0.25, 0.3) is 28.1 Å². The molecule has 6 rings (SSSR count). The van der Waals surface area contributed by atoms with Gasteiger partial charge in [0.2, 0.25) is 5.69 Å². The average molecular weight is 539 g/mol. The van der Waals surface area contributed by atoms with E-state index in [1.54, 1.807) is 36.1 Å². The molecule has 3 atom stereocenters. The number of hydrogen-bond acceptors (Lipinski definition) is 7. The lowest BCUT2D eigenvalue weighted by atomic mass is 10.0. The van der Waals surface area contributed by atoms with Gasteiger partial charge in [-0.3, -0.25) is 4.68 Å². The van der Waals surface area contributed by atoms with E-state index < -0.39 is 17.8 Å². The van der Waals surface area contributed by atoms with Crippen LogP contribution < -0.4 is 4.73 Å². The minimum Gasteiger partial charge on any atom is -0.618 e. The summed E-state index contributed by atoms with van der Waals surface area (Å²) >= 11 is 6.07. The fourth-order valence-electron chi connectivity index (χ4n) is 4.82. The Balaban J connectivity index is 1.41. The largest absolute Gasteiger partial charge is 0.618 e. The lowest BCUT2D eigenvalue weighted by Crippen LogP contribution is -2.35. The highest BCUT2D eigenvalue weighted by Gasteiger charge is 2.38. The van der Waals surface area contributed by atoms with Crippen LogP contribution in [-0.2, 0) is 7.05 Å². The SMILES string of the molecule is CC1CC1CC(c1ccc(-c2c(-n3cnnn3)ccc(Cl)c2F)c[n+]1[O-])n1cc(-c2c(F)nnn2C)cn1. The summed E-state index contributed by atoms with van der Waals surface area (Å²) in [5.74, 6) is -0.451. The first-order valence-corrected chi connectivity index (χ1v) is 12.2. The highest BCUT2D eigenvalue weighted by atomic mass is 35.5. The van der Waals surface area contributed by atoms with Crippen LogP contribution in [-0.4, -0.2) is 45.0 Å². The van der Waals surface area contributed by atoms with Gasteiger partial charge in [-0.2, -0.15) is 18.9 Å². The zero-order valence-corrected chi connectivity index (χ0v) is 21.0. The third kappa shape index (κ3) is 4.18. The van der Waals surface area contributed by atoms with Gasteiger partial charge in [0.05, 0.1) is 28.0 Å². The zero-order valence-electron chi connectivity index (χ0n) is 20.3. The average Bonchev–Trinajstić information content (AvgIpc) is 3.33. The summed E-state index contributed by atoms with van der Waals surface area (Å²) in [5, 5.41) is 36.0. The summed E-state index contributed by atoms with van der Waals surface area (Å²) in [7, 11) is 1.59. The monoisotopic (exact) mass is 538 g/mol. The normalized spacial score (nSPS) is 17.6. The molecule has 0 bridgehead atoms. The van der Waals surface area contributed by atoms with Gasteiger partial charge in [-0.1, -0.05) is 28.8 Å². The van der Waals surface area contributed by atoms with Gasteiger partial charge in [0.15, 0.2) is 12.0 Å². The third-order valence-corrected chi connectivity index (χ3v) is 7.32. The van der Waals surface area contributed by atoms with Crippen molar-refractivity contribution in [2.75, 3.05) is 0 Å². The molecule has 1 aromatic carbocycles. The lowest BCUT2D eigenvalue weighted by Gasteiger charge is -2.18. The molecule has 4 heterocycles. The molecule has 0 saturated heterocycles. The van der Waals surface area contributed by atoms with E-state index in [1.807, 2.05) is 0 Å². The van der Waals surface area contributed by atoms with Crippen molar-refractivity contribution in [2.24, 2.45) is 18.9 Å². The molecule has 11 nitrogen and oxygen atoms in total. The molecular weight excluding hydrogens is 518 g/mol. The molecule has 0 spiro atoms. The van der Waals surface area contributed by atoms with Gasteiger partial charge in [0, 0.05) is 24.9 Å². The Morgan fingerprint density at radius 3 is 2.66 bits per heavy atom. The quantitative estimate of drug-likeness (QED) is 0.230. The fourth-order valence-corrected chi connectivity index (χ4v) is 4.98. The van der Waals surface area contributed by atoms with Gasteiger partial charge in [0.25, 0.3) is 5.95 Å². The van der Waals surface area contributed by atoms with Crippen LogP contribution >= 0.6 is 11.6 Å². The molecular formula is C24H21ClF2N10O. The molecule has 38 heavy (non-hydrogen) atoms. The van der Waals surface area contributed by atoms with Gasteiger partial charge in [-0.05, 0) is 53.3 Å². The summed E-state index contributed by atoms with van der Waals surface area (Å²) in [6.45, 7) is 2.16. The first-order chi connectivity index (χ1) is 18.3. The summed E-state index contributed by atoms with van der Waals surface area (Å²) in [5.41, 5.74) is 1.83. The topological polar surface area (TPSA) is 119 Å². The molecule has 1 fully saturated rings. The third-order valence-electron chi connectivity index (χ3n) is 7.03. The molecule has 0 radical (unpaired) electrons. The van der Waals surface area contributed by atoms with Crippen LogP contribution in [0.1, 0.15) is 31.5 Å². The summed E-state index contributed by atoms with van der Waals surface area (Å²) in [4.78, 5) is 0. The molecule has 0 N–H and O–H groups in total. The maximum absolute atomic E-state index is 15.2. The summed E-state index contributed by atoms with van der Waals surface area (Å²) in [6, 6.07) is 5.86. The maximum atomic E-state index is 15.2. The van der Waals surface area contributed by atoms with Gasteiger partial charge in [-0.15, -0.1) is 5.10 Å². The molecule has 1 aliphatic carbocycles. The van der Waals surface area contributed by atoms with Gasteiger partial charge >= 0.3 is 0 Å². The number of tetrazole rings is 1. The van der Waals surface area contributed by atoms with Crippen LogP contribution in [0.3, 0.4) is 0 Å². The first-order valence-electron chi connectivity index (χ1n) is 11.9. The van der Waals surface area contributed by atoms with E-state index in [-0.39, 0.29) is 16.3 Å². The molecule has 3 unspecified atom stereocenters. The molecule has 5 aromatic rings. The molecule has 1 aliphatic rings. The number of rotatable bonds is 7. The van der Waals surface area contributed by atoms with E-state index in [9.17, 15) is 9.60 Å². The van der Waals surface area contributed by atoms with Gasteiger partial charge in [-0.25, -0.2) is 9.07 Å². The molecule has 0 amide bonds. The second-order valence-corrected chi connectivity index (χ2v) is 9.87. The van der Waals surface area contributed by atoms with Gasteiger partial charge < -0.3 is 5.21 Å². The number of hydrogen-bond donors (Lipinski definition) is 0. The zero-order chi connectivity index (χ0) is 26.6. The molecule has 194 valence electrons. The number of nitrogens with zero attached hydrogens (tertiary/aromatic N) is 10. The van der Waals surface area contributed by atoms with Crippen molar-refractivity contribution < 1.29 is 13.5 Å².